The van der Waals surface area contributed by atoms with E-state index in [1.165, 1.54) is 16.8 Å². The van der Waals surface area contributed by atoms with Crippen LogP contribution in [0.4, 0.5) is 4.39 Å². The quantitative estimate of drug-likeness (QED) is 0.905. The third kappa shape index (κ3) is 2.34. The summed E-state index contributed by atoms with van der Waals surface area (Å²) in [5, 5.41) is 16.4. The second-order valence-corrected chi connectivity index (χ2v) is 4.69. The van der Waals surface area contributed by atoms with Crippen molar-refractivity contribution in [1.82, 2.24) is 15.2 Å². The van der Waals surface area contributed by atoms with Gasteiger partial charge < -0.3 is 5.11 Å². The first-order chi connectivity index (χ1) is 7.66. The fourth-order valence-corrected chi connectivity index (χ4v) is 2.40. The molecule has 0 bridgehead atoms. The van der Waals surface area contributed by atoms with Crippen LogP contribution in [0.15, 0.2) is 27.1 Å². The molecule has 2 heterocycles. The zero-order valence-corrected chi connectivity index (χ0v) is 9.26. The predicted molar refractivity (Wildman–Crippen MR) is 55.2 cm³/mol. The van der Waals surface area contributed by atoms with E-state index < -0.39 is 11.8 Å². The highest BCUT2D eigenvalue weighted by atomic mass is 32.2. The van der Waals surface area contributed by atoms with Crippen molar-refractivity contribution in [2.45, 2.75) is 9.37 Å². The molecule has 2 aromatic heterocycles. The van der Waals surface area contributed by atoms with E-state index in [1.54, 1.807) is 0 Å². The Kier molecular flexibility index (Phi) is 3.11. The van der Waals surface area contributed by atoms with Gasteiger partial charge in [-0.3, -0.25) is 0 Å². The Labute approximate surface area is 97.4 Å². The van der Waals surface area contributed by atoms with Crippen LogP contribution in [0.2, 0.25) is 0 Å². The second-order valence-electron chi connectivity index (χ2n) is 2.62. The average molecular weight is 257 g/mol. The van der Waals surface area contributed by atoms with Crippen molar-refractivity contribution in [3.05, 3.63) is 29.2 Å². The lowest BCUT2D eigenvalue weighted by molar-refractivity contribution is 0.0691. The minimum Gasteiger partial charge on any atom is -0.478 e. The maximum Gasteiger partial charge on any atom is 0.338 e. The molecule has 82 valence electrons. The minimum atomic E-state index is -1.22. The summed E-state index contributed by atoms with van der Waals surface area (Å²) < 4.78 is 13.4. The lowest BCUT2D eigenvalue weighted by atomic mass is 10.3. The average Bonchev–Trinajstić information content (AvgIpc) is 2.73. The number of nitrogens with zero attached hydrogens (tertiary/aromatic N) is 3. The number of carboxylic acids is 1. The highest BCUT2D eigenvalue weighted by Gasteiger charge is 2.15. The van der Waals surface area contributed by atoms with Gasteiger partial charge in [-0.25, -0.2) is 14.2 Å². The van der Waals surface area contributed by atoms with E-state index in [-0.39, 0.29) is 10.6 Å². The van der Waals surface area contributed by atoms with Gasteiger partial charge >= 0.3 is 5.97 Å². The molecule has 0 aliphatic rings. The SMILES string of the molecule is O=C(O)c1cc(F)cnc1Sc1nncs1. The van der Waals surface area contributed by atoms with E-state index in [0.717, 1.165) is 24.0 Å². The van der Waals surface area contributed by atoms with Gasteiger partial charge in [-0.05, 0) is 17.8 Å². The van der Waals surface area contributed by atoms with Crippen LogP contribution in [0, 0.1) is 5.82 Å². The third-order valence-electron chi connectivity index (χ3n) is 1.57. The standard InChI is InChI=1S/C8H4FN3O2S2/c9-4-1-5(7(13)14)6(10-2-4)16-8-12-11-3-15-8/h1-3H,(H,13,14). The summed E-state index contributed by atoms with van der Waals surface area (Å²) in [5.74, 6) is -1.90. The molecule has 16 heavy (non-hydrogen) atoms. The van der Waals surface area contributed by atoms with Crippen molar-refractivity contribution in [3.8, 4) is 0 Å². The monoisotopic (exact) mass is 257 g/mol. The molecule has 8 heteroatoms. The van der Waals surface area contributed by atoms with Gasteiger partial charge in [0.1, 0.15) is 16.4 Å². The van der Waals surface area contributed by atoms with Gasteiger partial charge in [0.25, 0.3) is 0 Å². The number of aromatic carboxylic acids is 1. The molecule has 0 saturated heterocycles. The highest BCUT2D eigenvalue weighted by molar-refractivity contribution is 8.01. The predicted octanol–water partition coefficient (Wildman–Crippen LogP) is 1.92. The van der Waals surface area contributed by atoms with Crippen LogP contribution in [0.5, 0.6) is 0 Å². The molecule has 0 spiro atoms. The number of carboxylic acid groups (broad SMARTS) is 1. The van der Waals surface area contributed by atoms with Gasteiger partial charge in [0, 0.05) is 0 Å². The van der Waals surface area contributed by atoms with Crippen LogP contribution in [0.25, 0.3) is 0 Å². The molecule has 2 aromatic rings. The molecular weight excluding hydrogens is 253 g/mol. The minimum absolute atomic E-state index is 0.180. The smallest absolute Gasteiger partial charge is 0.338 e. The Morgan fingerprint density at radius 1 is 1.56 bits per heavy atom. The summed E-state index contributed by atoms with van der Waals surface area (Å²) in [6, 6.07) is 0.929. The van der Waals surface area contributed by atoms with E-state index in [9.17, 15) is 9.18 Å². The highest BCUT2D eigenvalue weighted by Crippen LogP contribution is 2.29. The molecule has 1 N–H and O–H groups in total. The van der Waals surface area contributed by atoms with E-state index in [0.29, 0.717) is 4.34 Å². The molecule has 0 fully saturated rings. The van der Waals surface area contributed by atoms with Gasteiger partial charge in [0.2, 0.25) is 0 Å². The Morgan fingerprint density at radius 2 is 2.38 bits per heavy atom. The van der Waals surface area contributed by atoms with Crippen molar-refractivity contribution in [3.63, 3.8) is 0 Å². The number of halogens is 1. The van der Waals surface area contributed by atoms with E-state index in [1.807, 2.05) is 0 Å². The van der Waals surface area contributed by atoms with Crippen LogP contribution >= 0.6 is 23.1 Å². The van der Waals surface area contributed by atoms with Crippen molar-refractivity contribution < 1.29 is 14.3 Å². The molecule has 0 aliphatic heterocycles. The molecule has 0 unspecified atom stereocenters. The largest absolute Gasteiger partial charge is 0.478 e. The van der Waals surface area contributed by atoms with Crippen LogP contribution in [0.3, 0.4) is 0 Å². The first-order valence-corrected chi connectivity index (χ1v) is 5.69. The first-order valence-electron chi connectivity index (χ1n) is 3.99. The molecule has 0 atom stereocenters. The van der Waals surface area contributed by atoms with Gasteiger partial charge in [0.15, 0.2) is 4.34 Å². The molecule has 0 radical (unpaired) electrons. The molecular formula is C8H4FN3O2S2. The molecule has 0 aromatic carbocycles. The van der Waals surface area contributed by atoms with Gasteiger partial charge in [0.05, 0.1) is 11.8 Å². The number of pyridine rings is 1. The van der Waals surface area contributed by atoms with Crippen LogP contribution in [-0.2, 0) is 0 Å². The number of hydrogen-bond donors (Lipinski definition) is 1. The molecule has 2 rings (SSSR count). The Hall–Kier alpha value is -1.54. The number of hydrogen-bond acceptors (Lipinski definition) is 6. The summed E-state index contributed by atoms with van der Waals surface area (Å²) in [6.45, 7) is 0. The van der Waals surface area contributed by atoms with Gasteiger partial charge in [-0.1, -0.05) is 11.3 Å². The van der Waals surface area contributed by atoms with Crippen LogP contribution in [-0.4, -0.2) is 26.3 Å². The maximum atomic E-state index is 12.8. The third-order valence-corrected chi connectivity index (χ3v) is 3.37. The molecule has 0 aliphatic carbocycles. The Morgan fingerprint density at radius 3 is 3.00 bits per heavy atom. The lowest BCUT2D eigenvalue weighted by Crippen LogP contribution is -2.01. The lowest BCUT2D eigenvalue weighted by Gasteiger charge is -2.01. The number of carbonyl (C=O) groups is 1. The van der Waals surface area contributed by atoms with E-state index >= 15 is 0 Å². The summed E-state index contributed by atoms with van der Waals surface area (Å²) in [5.41, 5.74) is 1.34. The summed E-state index contributed by atoms with van der Waals surface area (Å²) in [7, 11) is 0. The van der Waals surface area contributed by atoms with Crippen molar-refractivity contribution in [1.29, 1.82) is 0 Å². The zero-order chi connectivity index (χ0) is 11.5. The Bertz CT molecular complexity index is 518. The fourth-order valence-electron chi connectivity index (χ4n) is 0.951. The van der Waals surface area contributed by atoms with Gasteiger partial charge in [-0.15, -0.1) is 10.2 Å². The summed E-state index contributed by atoms with van der Waals surface area (Å²) in [4.78, 5) is 14.6. The molecule has 0 saturated carbocycles. The van der Waals surface area contributed by atoms with Gasteiger partial charge in [-0.2, -0.15) is 0 Å². The number of aromatic nitrogens is 3. The maximum absolute atomic E-state index is 12.8. The fraction of sp³-hybridized carbons (Fsp3) is 0. The first kappa shape index (κ1) is 11.0. The second kappa shape index (κ2) is 4.54. The van der Waals surface area contributed by atoms with E-state index in [2.05, 4.69) is 15.2 Å². The van der Waals surface area contributed by atoms with Crippen molar-refractivity contribution in [2.75, 3.05) is 0 Å². The van der Waals surface area contributed by atoms with Crippen molar-refractivity contribution >= 4 is 29.1 Å². The zero-order valence-electron chi connectivity index (χ0n) is 7.62. The van der Waals surface area contributed by atoms with E-state index in [4.69, 9.17) is 5.11 Å². The van der Waals surface area contributed by atoms with Crippen LogP contribution in [0.1, 0.15) is 10.4 Å². The molecule has 0 amide bonds. The Balaban J connectivity index is 2.36. The topological polar surface area (TPSA) is 76.0 Å². The summed E-state index contributed by atoms with van der Waals surface area (Å²) >= 11 is 2.30. The normalized spacial score (nSPS) is 10.3. The molecule has 5 nitrogen and oxygen atoms in total. The van der Waals surface area contributed by atoms with Crippen molar-refractivity contribution in [2.24, 2.45) is 0 Å². The summed E-state index contributed by atoms with van der Waals surface area (Å²) in [6.07, 6.45) is 0.968. The van der Waals surface area contributed by atoms with Crippen LogP contribution < -0.4 is 0 Å². The number of rotatable bonds is 3.